The number of ether oxygens (including phenoxy) is 3. The quantitative estimate of drug-likeness (QED) is 0.0261. The fraction of sp³-hybridized carbons (Fsp3) is 0.708. The van der Waals surface area contributed by atoms with Crippen molar-refractivity contribution in [1.82, 2.24) is 0 Å². The van der Waals surface area contributed by atoms with E-state index in [1.807, 2.05) is 6.08 Å². The molecule has 0 aliphatic rings. The van der Waals surface area contributed by atoms with Crippen molar-refractivity contribution in [3.63, 3.8) is 0 Å². The fourth-order valence-corrected chi connectivity index (χ4v) is 8.04. The summed E-state index contributed by atoms with van der Waals surface area (Å²) >= 11 is 0. The van der Waals surface area contributed by atoms with Crippen molar-refractivity contribution in [2.24, 2.45) is 0 Å². The molecule has 0 saturated heterocycles. The Morgan fingerprint density at radius 1 is 0.282 bits per heavy atom. The molecule has 0 rings (SSSR count). The number of carbonyl (C=O) groups excluding carboxylic acids is 3. The number of rotatable bonds is 53. The molecular formula is C65H110O6. The second-order valence-electron chi connectivity index (χ2n) is 19.5. The van der Waals surface area contributed by atoms with E-state index < -0.39 is 12.1 Å². The lowest BCUT2D eigenvalue weighted by molar-refractivity contribution is -0.166. The molecule has 0 aromatic rings. The van der Waals surface area contributed by atoms with Gasteiger partial charge < -0.3 is 14.2 Å². The Kier molecular flexibility index (Phi) is 55.9. The van der Waals surface area contributed by atoms with Gasteiger partial charge in [0.25, 0.3) is 0 Å². The predicted octanol–water partition coefficient (Wildman–Crippen LogP) is 20.1. The van der Waals surface area contributed by atoms with E-state index in [0.29, 0.717) is 19.3 Å². The summed E-state index contributed by atoms with van der Waals surface area (Å²) in [5, 5.41) is 0. The molecule has 0 spiro atoms. The van der Waals surface area contributed by atoms with Gasteiger partial charge in [0.05, 0.1) is 0 Å². The molecular weight excluding hydrogens is 877 g/mol. The third kappa shape index (κ3) is 57.1. The third-order valence-electron chi connectivity index (χ3n) is 12.5. The summed E-state index contributed by atoms with van der Waals surface area (Å²) in [4.78, 5) is 38.2. The Labute approximate surface area is 438 Å². The maximum Gasteiger partial charge on any atom is 0.306 e. The second-order valence-corrected chi connectivity index (χ2v) is 19.5. The van der Waals surface area contributed by atoms with Crippen LogP contribution in [0.15, 0.2) is 97.2 Å². The lowest BCUT2D eigenvalue weighted by Crippen LogP contribution is -2.30. The molecule has 6 heteroatoms. The summed E-state index contributed by atoms with van der Waals surface area (Å²) in [6.45, 7) is 6.52. The van der Waals surface area contributed by atoms with Crippen LogP contribution < -0.4 is 0 Å². The third-order valence-corrected chi connectivity index (χ3v) is 12.5. The molecule has 0 bridgehead atoms. The van der Waals surface area contributed by atoms with Gasteiger partial charge in [-0.05, 0) is 116 Å². The zero-order chi connectivity index (χ0) is 51.4. The number of esters is 3. The molecule has 0 aliphatic carbocycles. The predicted molar refractivity (Wildman–Crippen MR) is 307 cm³/mol. The largest absolute Gasteiger partial charge is 0.462 e. The summed E-state index contributed by atoms with van der Waals surface area (Å²) in [7, 11) is 0. The lowest BCUT2D eigenvalue weighted by Gasteiger charge is -2.18. The molecule has 0 aromatic heterocycles. The maximum absolute atomic E-state index is 12.8. The zero-order valence-electron chi connectivity index (χ0n) is 46.5. The highest BCUT2D eigenvalue weighted by Gasteiger charge is 2.19. The Morgan fingerprint density at radius 3 is 0.887 bits per heavy atom. The monoisotopic (exact) mass is 987 g/mol. The van der Waals surface area contributed by atoms with Crippen molar-refractivity contribution in [3.8, 4) is 0 Å². The number of allylic oxidation sites excluding steroid dienone is 16. The van der Waals surface area contributed by atoms with Gasteiger partial charge in [0.1, 0.15) is 13.2 Å². The second kappa shape index (κ2) is 58.9. The van der Waals surface area contributed by atoms with Crippen LogP contribution in [0.25, 0.3) is 0 Å². The minimum absolute atomic E-state index is 0.111. The first-order valence-electron chi connectivity index (χ1n) is 29.7. The average molecular weight is 988 g/mol. The van der Waals surface area contributed by atoms with Crippen molar-refractivity contribution in [2.75, 3.05) is 13.2 Å². The summed E-state index contributed by atoms with van der Waals surface area (Å²) in [5.41, 5.74) is 0. The van der Waals surface area contributed by atoms with Crippen molar-refractivity contribution in [3.05, 3.63) is 97.2 Å². The van der Waals surface area contributed by atoms with Crippen LogP contribution in [-0.4, -0.2) is 37.2 Å². The maximum atomic E-state index is 12.8. The first kappa shape index (κ1) is 67.3. The van der Waals surface area contributed by atoms with Gasteiger partial charge in [0, 0.05) is 19.3 Å². The summed E-state index contributed by atoms with van der Waals surface area (Å²) in [6, 6.07) is 0. The highest BCUT2D eigenvalue weighted by atomic mass is 16.6. The number of hydrogen-bond acceptors (Lipinski definition) is 6. The molecule has 0 unspecified atom stereocenters. The van der Waals surface area contributed by atoms with Gasteiger partial charge in [0.15, 0.2) is 6.10 Å². The summed E-state index contributed by atoms with van der Waals surface area (Å²) in [5.74, 6) is -0.998. The van der Waals surface area contributed by atoms with E-state index in [1.54, 1.807) is 0 Å². The summed E-state index contributed by atoms with van der Waals surface area (Å²) < 4.78 is 16.8. The van der Waals surface area contributed by atoms with E-state index in [2.05, 4.69) is 112 Å². The first-order valence-corrected chi connectivity index (χ1v) is 29.7. The van der Waals surface area contributed by atoms with Gasteiger partial charge in [-0.1, -0.05) is 240 Å². The van der Waals surface area contributed by atoms with Crippen LogP contribution in [0.2, 0.25) is 0 Å². The molecule has 0 saturated carbocycles. The Balaban J connectivity index is 4.50. The van der Waals surface area contributed by atoms with E-state index in [4.69, 9.17) is 14.2 Å². The van der Waals surface area contributed by atoms with Gasteiger partial charge >= 0.3 is 17.9 Å². The lowest BCUT2D eigenvalue weighted by atomic mass is 10.1. The molecule has 0 radical (unpaired) electrons. The van der Waals surface area contributed by atoms with Crippen molar-refractivity contribution in [2.45, 2.75) is 284 Å². The van der Waals surface area contributed by atoms with Crippen LogP contribution in [-0.2, 0) is 28.6 Å². The van der Waals surface area contributed by atoms with Gasteiger partial charge in [-0.3, -0.25) is 14.4 Å². The van der Waals surface area contributed by atoms with Crippen LogP contribution in [0.3, 0.4) is 0 Å². The van der Waals surface area contributed by atoms with Crippen LogP contribution in [0, 0.1) is 0 Å². The van der Waals surface area contributed by atoms with E-state index in [9.17, 15) is 14.4 Å². The molecule has 0 heterocycles. The average Bonchev–Trinajstić information content (AvgIpc) is 3.37. The molecule has 0 N–H and O–H groups in total. The van der Waals surface area contributed by atoms with Crippen LogP contribution >= 0.6 is 0 Å². The number of carbonyl (C=O) groups is 3. The Hall–Kier alpha value is -3.67. The highest BCUT2D eigenvalue weighted by molar-refractivity contribution is 5.71. The van der Waals surface area contributed by atoms with E-state index in [1.165, 1.54) is 161 Å². The van der Waals surface area contributed by atoms with E-state index >= 15 is 0 Å². The molecule has 6 nitrogen and oxygen atoms in total. The number of hydrogen-bond donors (Lipinski definition) is 0. The minimum Gasteiger partial charge on any atom is -0.462 e. The van der Waals surface area contributed by atoms with Crippen molar-refractivity contribution < 1.29 is 28.6 Å². The van der Waals surface area contributed by atoms with Gasteiger partial charge in [-0.2, -0.15) is 0 Å². The standard InChI is InChI=1S/C65H110O6/c1-4-7-10-13-16-19-22-25-28-30-32-34-37-40-43-46-49-52-55-58-64(67)70-61-62(60-69-63(66)57-54-51-48-45-42-39-36-27-24-21-18-15-12-9-6-3)71-65(68)59-56-53-50-47-44-41-38-35-33-31-29-26-23-20-17-14-11-8-5-2/h16-17,19-21,24-26,28-29,33,35,41,44,50,53,62H,4-15,18,22-23,27,30-32,34,36-40,42-43,45-49,51-52,54-61H2,1-3H3/b19-16-,20-17-,24-21-,28-25-,29-26-,35-33-,44-41-,53-50-/t62-/m0/s1. The van der Waals surface area contributed by atoms with Gasteiger partial charge in [-0.25, -0.2) is 0 Å². The van der Waals surface area contributed by atoms with E-state index in [-0.39, 0.29) is 31.6 Å². The van der Waals surface area contributed by atoms with Crippen LogP contribution in [0.1, 0.15) is 278 Å². The normalized spacial score (nSPS) is 12.8. The SMILES string of the molecule is CCCCC/C=C\C/C=C\C/C=C\C/C=C\C/C=C\CCC(=O)O[C@@H](COC(=O)CCCCCCCCC/C=C\CCCCCC)COC(=O)CCCCCCCCCCC/C=C\C/C=C\CCCCC. The Morgan fingerprint density at radius 2 is 0.535 bits per heavy atom. The smallest absolute Gasteiger partial charge is 0.306 e. The molecule has 1 atom stereocenters. The fourth-order valence-electron chi connectivity index (χ4n) is 8.04. The van der Waals surface area contributed by atoms with Crippen LogP contribution in [0.4, 0.5) is 0 Å². The number of unbranched alkanes of at least 4 members (excludes halogenated alkanes) is 26. The first-order chi connectivity index (χ1) is 35.0. The molecule has 406 valence electrons. The van der Waals surface area contributed by atoms with E-state index in [0.717, 1.165) is 70.6 Å². The van der Waals surface area contributed by atoms with Gasteiger partial charge in [-0.15, -0.1) is 0 Å². The topological polar surface area (TPSA) is 78.9 Å². The molecule has 0 aliphatic heterocycles. The van der Waals surface area contributed by atoms with Crippen molar-refractivity contribution >= 4 is 17.9 Å². The van der Waals surface area contributed by atoms with Crippen LogP contribution in [0.5, 0.6) is 0 Å². The highest BCUT2D eigenvalue weighted by Crippen LogP contribution is 2.14. The molecule has 71 heavy (non-hydrogen) atoms. The Bertz CT molecular complexity index is 1410. The molecule has 0 fully saturated rings. The summed E-state index contributed by atoms with van der Waals surface area (Å²) in [6.07, 6.45) is 78.3. The minimum atomic E-state index is -0.822. The molecule has 0 aromatic carbocycles. The van der Waals surface area contributed by atoms with Crippen molar-refractivity contribution in [1.29, 1.82) is 0 Å². The molecule has 0 amide bonds. The zero-order valence-corrected chi connectivity index (χ0v) is 46.5. The van der Waals surface area contributed by atoms with Gasteiger partial charge in [0.2, 0.25) is 0 Å².